The number of ether oxygens (including phenoxy) is 1. The SMILES string of the molecule is COc1ccc(C2/C(=C(/O)c3ccc([N+](=O)[O-])cc3)C(=O)C(=O)N2CCN(C)C)cc1. The number of Topliss-reactive ketones (excluding diaryl/α,β-unsaturated/α-hetero) is 1. The number of likely N-dealkylation sites (N-methyl/N-ethyl adjacent to an activating group) is 1. The number of non-ortho nitro benzene ring substituents is 1. The number of rotatable bonds is 7. The molecule has 1 fully saturated rings. The number of likely N-dealkylation sites (tertiary alicyclic amines) is 1. The van der Waals surface area contributed by atoms with E-state index in [9.17, 15) is 24.8 Å². The molecular weight excluding hydrogens is 402 g/mol. The molecule has 1 heterocycles. The number of nitro benzene ring substituents is 1. The summed E-state index contributed by atoms with van der Waals surface area (Å²) in [4.78, 5) is 39.4. The monoisotopic (exact) mass is 425 g/mol. The van der Waals surface area contributed by atoms with Crippen molar-refractivity contribution in [3.8, 4) is 5.75 Å². The molecule has 2 aromatic rings. The first kappa shape index (κ1) is 22.0. The molecule has 2 aromatic carbocycles. The summed E-state index contributed by atoms with van der Waals surface area (Å²) in [5, 5.41) is 21.8. The Balaban J connectivity index is 2.11. The highest BCUT2D eigenvalue weighted by Crippen LogP contribution is 2.39. The molecule has 0 bridgehead atoms. The Kier molecular flexibility index (Phi) is 6.36. The smallest absolute Gasteiger partial charge is 0.295 e. The van der Waals surface area contributed by atoms with Crippen molar-refractivity contribution >= 4 is 23.1 Å². The van der Waals surface area contributed by atoms with Crippen LogP contribution in [0, 0.1) is 10.1 Å². The molecule has 31 heavy (non-hydrogen) atoms. The molecular formula is C22H23N3O6. The van der Waals surface area contributed by atoms with Gasteiger partial charge in [-0.15, -0.1) is 0 Å². The Hall–Kier alpha value is -3.72. The lowest BCUT2D eigenvalue weighted by Gasteiger charge is -2.26. The van der Waals surface area contributed by atoms with Gasteiger partial charge in [0.1, 0.15) is 11.5 Å². The highest BCUT2D eigenvalue weighted by molar-refractivity contribution is 6.46. The van der Waals surface area contributed by atoms with E-state index in [2.05, 4.69) is 0 Å². The number of methoxy groups -OCH3 is 1. The third-order valence-electron chi connectivity index (χ3n) is 5.11. The van der Waals surface area contributed by atoms with Gasteiger partial charge < -0.3 is 19.6 Å². The van der Waals surface area contributed by atoms with E-state index in [0.29, 0.717) is 17.9 Å². The van der Waals surface area contributed by atoms with E-state index in [4.69, 9.17) is 4.74 Å². The summed E-state index contributed by atoms with van der Waals surface area (Å²) in [6.07, 6.45) is 0. The largest absolute Gasteiger partial charge is 0.507 e. The number of carbonyl (C=O) groups excluding carboxylic acids is 2. The van der Waals surface area contributed by atoms with Crippen molar-refractivity contribution in [2.75, 3.05) is 34.3 Å². The average Bonchev–Trinajstić information content (AvgIpc) is 3.02. The summed E-state index contributed by atoms with van der Waals surface area (Å²) < 4.78 is 5.18. The lowest BCUT2D eigenvalue weighted by molar-refractivity contribution is -0.384. The zero-order valence-corrected chi connectivity index (χ0v) is 17.4. The molecule has 9 heteroatoms. The summed E-state index contributed by atoms with van der Waals surface area (Å²) >= 11 is 0. The normalized spacial score (nSPS) is 17.9. The van der Waals surface area contributed by atoms with Gasteiger partial charge >= 0.3 is 0 Å². The highest BCUT2D eigenvalue weighted by Gasteiger charge is 2.45. The van der Waals surface area contributed by atoms with Crippen molar-refractivity contribution in [1.29, 1.82) is 0 Å². The van der Waals surface area contributed by atoms with Gasteiger partial charge in [0.25, 0.3) is 17.4 Å². The van der Waals surface area contributed by atoms with Crippen molar-refractivity contribution < 1.29 is 24.4 Å². The summed E-state index contributed by atoms with van der Waals surface area (Å²) in [7, 11) is 5.25. The Morgan fingerprint density at radius 3 is 2.26 bits per heavy atom. The number of aliphatic hydroxyl groups is 1. The fraction of sp³-hybridized carbons (Fsp3) is 0.273. The number of hydrogen-bond donors (Lipinski definition) is 1. The first-order valence-electron chi connectivity index (χ1n) is 9.56. The molecule has 1 aliphatic heterocycles. The zero-order valence-electron chi connectivity index (χ0n) is 17.4. The molecule has 0 saturated carbocycles. The van der Waals surface area contributed by atoms with Crippen molar-refractivity contribution in [3.63, 3.8) is 0 Å². The maximum atomic E-state index is 12.9. The minimum Gasteiger partial charge on any atom is -0.507 e. The molecule has 9 nitrogen and oxygen atoms in total. The number of carbonyl (C=O) groups is 2. The maximum absolute atomic E-state index is 12.9. The standard InChI is InChI=1S/C22H23N3O6/c1-23(2)12-13-24-19(14-6-10-17(31-3)11-7-14)18(21(27)22(24)28)20(26)15-4-8-16(9-5-15)25(29)30/h4-11,19,26H,12-13H2,1-3H3/b20-18-. The first-order chi connectivity index (χ1) is 14.7. The number of nitrogens with zero attached hydrogens (tertiary/aromatic N) is 3. The van der Waals surface area contributed by atoms with E-state index in [1.807, 2.05) is 19.0 Å². The number of amides is 1. The van der Waals surface area contributed by atoms with Crippen LogP contribution in [0.15, 0.2) is 54.1 Å². The average molecular weight is 425 g/mol. The molecule has 1 unspecified atom stereocenters. The summed E-state index contributed by atoms with van der Waals surface area (Å²) in [5.74, 6) is -1.26. The molecule has 1 N–H and O–H groups in total. The van der Waals surface area contributed by atoms with Crippen LogP contribution in [-0.2, 0) is 9.59 Å². The molecule has 0 aliphatic carbocycles. The molecule has 1 aliphatic rings. The van der Waals surface area contributed by atoms with Gasteiger partial charge in [-0.05, 0) is 43.9 Å². The van der Waals surface area contributed by atoms with E-state index in [-0.39, 0.29) is 29.1 Å². The Labute approximate surface area is 179 Å². The lowest BCUT2D eigenvalue weighted by Crippen LogP contribution is -2.35. The second kappa shape index (κ2) is 8.97. The fourth-order valence-corrected chi connectivity index (χ4v) is 3.45. The van der Waals surface area contributed by atoms with E-state index in [0.717, 1.165) is 0 Å². The van der Waals surface area contributed by atoms with Crippen LogP contribution in [0.3, 0.4) is 0 Å². The van der Waals surface area contributed by atoms with Crippen LogP contribution in [0.2, 0.25) is 0 Å². The van der Waals surface area contributed by atoms with Gasteiger partial charge in [0, 0.05) is 30.8 Å². The molecule has 0 spiro atoms. The Bertz CT molecular complexity index is 1030. The number of nitro groups is 1. The van der Waals surface area contributed by atoms with Crippen LogP contribution >= 0.6 is 0 Å². The molecule has 1 saturated heterocycles. The van der Waals surface area contributed by atoms with E-state index in [1.165, 1.54) is 36.3 Å². The van der Waals surface area contributed by atoms with Crippen LogP contribution < -0.4 is 4.74 Å². The lowest BCUT2D eigenvalue weighted by atomic mass is 9.95. The minimum atomic E-state index is -0.796. The third-order valence-corrected chi connectivity index (χ3v) is 5.11. The van der Waals surface area contributed by atoms with Gasteiger partial charge in [0.15, 0.2) is 0 Å². The molecule has 0 radical (unpaired) electrons. The highest BCUT2D eigenvalue weighted by atomic mass is 16.6. The van der Waals surface area contributed by atoms with Crippen LogP contribution in [0.1, 0.15) is 17.2 Å². The zero-order chi connectivity index (χ0) is 22.7. The molecule has 1 amide bonds. The summed E-state index contributed by atoms with van der Waals surface area (Å²) in [6.45, 7) is 0.808. The van der Waals surface area contributed by atoms with Gasteiger partial charge in [-0.2, -0.15) is 0 Å². The van der Waals surface area contributed by atoms with Crippen LogP contribution in [0.25, 0.3) is 5.76 Å². The quantitative estimate of drug-likeness (QED) is 0.238. The number of benzene rings is 2. The van der Waals surface area contributed by atoms with Crippen molar-refractivity contribution in [3.05, 3.63) is 75.3 Å². The summed E-state index contributed by atoms with van der Waals surface area (Å²) in [5.41, 5.74) is 0.661. The minimum absolute atomic E-state index is 0.0530. The molecule has 0 aromatic heterocycles. The Morgan fingerprint density at radius 1 is 1.13 bits per heavy atom. The fourth-order valence-electron chi connectivity index (χ4n) is 3.45. The van der Waals surface area contributed by atoms with Crippen LogP contribution in [0.4, 0.5) is 5.69 Å². The van der Waals surface area contributed by atoms with Gasteiger partial charge in [-0.25, -0.2) is 0 Å². The van der Waals surface area contributed by atoms with Crippen LogP contribution in [0.5, 0.6) is 5.75 Å². The van der Waals surface area contributed by atoms with Crippen LogP contribution in [-0.4, -0.2) is 65.8 Å². The predicted molar refractivity (Wildman–Crippen MR) is 114 cm³/mol. The second-order valence-electron chi connectivity index (χ2n) is 7.37. The van der Waals surface area contributed by atoms with Gasteiger partial charge in [0.2, 0.25) is 0 Å². The number of hydrogen-bond acceptors (Lipinski definition) is 7. The van der Waals surface area contributed by atoms with Gasteiger partial charge in [-0.3, -0.25) is 19.7 Å². The van der Waals surface area contributed by atoms with Crippen molar-refractivity contribution in [1.82, 2.24) is 9.80 Å². The molecule has 3 rings (SSSR count). The third kappa shape index (κ3) is 4.41. The van der Waals surface area contributed by atoms with E-state index in [1.54, 1.807) is 24.3 Å². The number of ketones is 1. The molecule has 1 atom stereocenters. The van der Waals surface area contributed by atoms with E-state index < -0.39 is 22.7 Å². The summed E-state index contributed by atoms with van der Waals surface area (Å²) in [6, 6.07) is 11.3. The van der Waals surface area contributed by atoms with Gasteiger partial charge in [-0.1, -0.05) is 12.1 Å². The van der Waals surface area contributed by atoms with Gasteiger partial charge in [0.05, 0.1) is 23.6 Å². The first-order valence-corrected chi connectivity index (χ1v) is 9.56. The van der Waals surface area contributed by atoms with Crippen molar-refractivity contribution in [2.24, 2.45) is 0 Å². The predicted octanol–water partition coefficient (Wildman–Crippen LogP) is 2.59. The van der Waals surface area contributed by atoms with E-state index >= 15 is 0 Å². The molecule has 162 valence electrons. The van der Waals surface area contributed by atoms with Crippen molar-refractivity contribution in [2.45, 2.75) is 6.04 Å². The Morgan fingerprint density at radius 2 is 1.74 bits per heavy atom. The topological polar surface area (TPSA) is 113 Å². The number of aliphatic hydroxyl groups excluding tert-OH is 1. The maximum Gasteiger partial charge on any atom is 0.295 e. The second-order valence-corrected chi connectivity index (χ2v) is 7.37.